The van der Waals surface area contributed by atoms with Gasteiger partial charge in [0.25, 0.3) is 5.91 Å². The highest BCUT2D eigenvalue weighted by atomic mass is 19.1. The second kappa shape index (κ2) is 6.01. The van der Waals surface area contributed by atoms with E-state index in [2.05, 4.69) is 14.9 Å². The fourth-order valence-corrected chi connectivity index (χ4v) is 3.59. The topological polar surface area (TPSA) is 67.8 Å². The van der Waals surface area contributed by atoms with Gasteiger partial charge in [-0.2, -0.15) is 0 Å². The Labute approximate surface area is 133 Å². The van der Waals surface area contributed by atoms with Crippen LogP contribution in [0.1, 0.15) is 25.7 Å². The number of aromatic nitrogens is 2. The second-order valence-corrected chi connectivity index (χ2v) is 6.12. The first kappa shape index (κ1) is 14.8. The number of hydroxylamine groups is 2. The van der Waals surface area contributed by atoms with Gasteiger partial charge in [0.15, 0.2) is 5.82 Å². The monoisotopic (exact) mass is 322 g/mol. The quantitative estimate of drug-likeness (QED) is 0.806. The van der Waals surface area contributed by atoms with Crippen molar-refractivity contribution in [2.75, 3.05) is 24.6 Å². The van der Waals surface area contributed by atoms with E-state index in [1.54, 1.807) is 0 Å². The van der Waals surface area contributed by atoms with Crippen LogP contribution in [0.4, 0.5) is 10.3 Å². The van der Waals surface area contributed by atoms with Crippen molar-refractivity contribution in [2.45, 2.75) is 43.9 Å². The highest BCUT2D eigenvalue weighted by molar-refractivity contribution is 5.80. The molecule has 0 spiro atoms. The Hall–Kier alpha value is -1.80. The summed E-state index contributed by atoms with van der Waals surface area (Å²) in [5, 5.41) is 1.43. The van der Waals surface area contributed by atoms with Gasteiger partial charge >= 0.3 is 0 Å². The fourth-order valence-electron chi connectivity index (χ4n) is 3.59. The lowest BCUT2D eigenvalue weighted by atomic mass is 9.98. The average Bonchev–Trinajstić information content (AvgIpc) is 3.24. The van der Waals surface area contributed by atoms with Gasteiger partial charge < -0.3 is 9.64 Å². The van der Waals surface area contributed by atoms with Crippen molar-refractivity contribution in [3.63, 3.8) is 0 Å². The molecule has 23 heavy (non-hydrogen) atoms. The third kappa shape index (κ3) is 2.76. The van der Waals surface area contributed by atoms with Crippen LogP contribution in [-0.2, 0) is 14.4 Å². The Morgan fingerprint density at radius 2 is 2.04 bits per heavy atom. The summed E-state index contributed by atoms with van der Waals surface area (Å²) in [7, 11) is 0. The Kier molecular flexibility index (Phi) is 3.86. The van der Waals surface area contributed by atoms with Crippen molar-refractivity contribution in [3.05, 3.63) is 18.2 Å². The van der Waals surface area contributed by atoms with E-state index in [4.69, 9.17) is 9.57 Å². The number of anilines is 1. The van der Waals surface area contributed by atoms with Crippen LogP contribution in [-0.4, -0.2) is 58.9 Å². The fraction of sp³-hybridized carbons (Fsp3) is 0.667. The average molecular weight is 322 g/mol. The maximum absolute atomic E-state index is 13.0. The highest BCUT2D eigenvalue weighted by Gasteiger charge is 2.44. The Morgan fingerprint density at radius 1 is 1.22 bits per heavy atom. The van der Waals surface area contributed by atoms with Crippen molar-refractivity contribution in [1.29, 1.82) is 0 Å². The van der Waals surface area contributed by atoms with Gasteiger partial charge in [0.2, 0.25) is 5.95 Å². The molecule has 124 valence electrons. The molecule has 0 unspecified atom stereocenters. The van der Waals surface area contributed by atoms with Gasteiger partial charge in [0.05, 0.1) is 37.7 Å². The maximum atomic E-state index is 13.0. The molecule has 3 atom stereocenters. The molecular weight excluding hydrogens is 303 g/mol. The number of halogens is 1. The minimum atomic E-state index is -0.444. The molecule has 1 aromatic heterocycles. The van der Waals surface area contributed by atoms with Crippen molar-refractivity contribution in [1.82, 2.24) is 15.0 Å². The van der Waals surface area contributed by atoms with E-state index in [1.165, 1.54) is 17.5 Å². The Bertz CT molecular complexity index is 579. The zero-order valence-corrected chi connectivity index (χ0v) is 12.7. The molecule has 0 aliphatic carbocycles. The van der Waals surface area contributed by atoms with E-state index >= 15 is 0 Å². The number of hydrogen-bond donors (Lipinski definition) is 0. The molecule has 1 aromatic rings. The molecule has 4 rings (SSSR count). The van der Waals surface area contributed by atoms with Gasteiger partial charge in [0.1, 0.15) is 6.10 Å². The molecule has 3 fully saturated rings. The summed E-state index contributed by atoms with van der Waals surface area (Å²) in [5.41, 5.74) is 0. The summed E-state index contributed by atoms with van der Waals surface area (Å²) < 4.78 is 19.0. The van der Waals surface area contributed by atoms with E-state index < -0.39 is 11.9 Å². The molecule has 0 aromatic carbocycles. The summed E-state index contributed by atoms with van der Waals surface area (Å²) in [6.07, 6.45) is 5.08. The molecule has 0 radical (unpaired) electrons. The summed E-state index contributed by atoms with van der Waals surface area (Å²) in [4.78, 5) is 27.9. The Morgan fingerprint density at radius 3 is 2.78 bits per heavy atom. The minimum absolute atomic E-state index is 0.0195. The van der Waals surface area contributed by atoms with Crippen molar-refractivity contribution < 1.29 is 18.8 Å². The molecule has 3 saturated heterocycles. The normalized spacial score (nSPS) is 30.6. The van der Waals surface area contributed by atoms with Gasteiger partial charge in [-0.3, -0.25) is 9.63 Å². The number of carbonyl (C=O) groups excluding carboxylic acids is 1. The lowest BCUT2D eigenvalue weighted by Crippen LogP contribution is -2.48. The number of rotatable bonds is 2. The number of fused-ring (bicyclic) bond motifs is 1. The van der Waals surface area contributed by atoms with Crippen LogP contribution in [0.25, 0.3) is 0 Å². The third-order valence-electron chi connectivity index (χ3n) is 4.69. The molecule has 0 N–H and O–H groups in total. The van der Waals surface area contributed by atoms with Crippen LogP contribution in [0.3, 0.4) is 0 Å². The smallest absolute Gasteiger partial charge is 0.275 e. The van der Waals surface area contributed by atoms with Gasteiger partial charge in [-0.05, 0) is 25.7 Å². The van der Waals surface area contributed by atoms with Crippen LogP contribution in [0, 0.1) is 5.82 Å². The van der Waals surface area contributed by atoms with Gasteiger partial charge in [0, 0.05) is 6.54 Å². The number of hydrogen-bond acceptors (Lipinski definition) is 6. The minimum Gasteiger partial charge on any atom is -0.363 e. The van der Waals surface area contributed by atoms with E-state index in [-0.39, 0.29) is 18.1 Å². The molecule has 3 aliphatic rings. The SMILES string of the molecule is O=C([C@@H]1CC[C@@H]2[C@@H](CCN2c2ncc(F)cn2)O1)N1CCCO1. The predicted octanol–water partition coefficient (Wildman–Crippen LogP) is 0.906. The first-order chi connectivity index (χ1) is 11.2. The first-order valence-corrected chi connectivity index (χ1v) is 8.06. The molecule has 7 nitrogen and oxygen atoms in total. The summed E-state index contributed by atoms with van der Waals surface area (Å²) >= 11 is 0. The zero-order valence-electron chi connectivity index (χ0n) is 12.7. The lowest BCUT2D eigenvalue weighted by Gasteiger charge is -2.36. The largest absolute Gasteiger partial charge is 0.363 e. The van der Waals surface area contributed by atoms with Gasteiger partial charge in [-0.15, -0.1) is 0 Å². The van der Waals surface area contributed by atoms with Crippen LogP contribution in [0.2, 0.25) is 0 Å². The molecule has 1 amide bonds. The van der Waals surface area contributed by atoms with Gasteiger partial charge in [-0.25, -0.2) is 19.4 Å². The van der Waals surface area contributed by atoms with Crippen LogP contribution in [0.5, 0.6) is 0 Å². The molecule has 8 heteroatoms. The molecule has 0 saturated carbocycles. The summed E-state index contributed by atoms with van der Waals surface area (Å²) in [6, 6.07) is 0.143. The van der Waals surface area contributed by atoms with E-state index in [0.717, 1.165) is 25.8 Å². The number of amides is 1. The first-order valence-electron chi connectivity index (χ1n) is 8.06. The summed E-state index contributed by atoms with van der Waals surface area (Å²) in [6.45, 7) is 1.99. The third-order valence-corrected chi connectivity index (χ3v) is 4.69. The molecule has 4 heterocycles. The lowest BCUT2D eigenvalue weighted by molar-refractivity contribution is -0.187. The van der Waals surface area contributed by atoms with E-state index in [1.807, 2.05) is 0 Å². The van der Waals surface area contributed by atoms with Crippen LogP contribution >= 0.6 is 0 Å². The predicted molar refractivity (Wildman–Crippen MR) is 77.9 cm³/mol. The van der Waals surface area contributed by atoms with Gasteiger partial charge in [-0.1, -0.05) is 0 Å². The summed E-state index contributed by atoms with van der Waals surface area (Å²) in [5.74, 6) is 0.00764. The van der Waals surface area contributed by atoms with E-state index in [9.17, 15) is 9.18 Å². The molecule has 3 aliphatic heterocycles. The highest BCUT2D eigenvalue weighted by Crippen LogP contribution is 2.34. The zero-order chi connectivity index (χ0) is 15.8. The number of carbonyl (C=O) groups is 1. The number of ether oxygens (including phenoxy) is 1. The maximum Gasteiger partial charge on any atom is 0.275 e. The Balaban J connectivity index is 1.42. The van der Waals surface area contributed by atoms with Crippen LogP contribution in [0.15, 0.2) is 12.4 Å². The van der Waals surface area contributed by atoms with Crippen LogP contribution < -0.4 is 4.90 Å². The van der Waals surface area contributed by atoms with Crippen molar-refractivity contribution >= 4 is 11.9 Å². The van der Waals surface area contributed by atoms with Crippen molar-refractivity contribution in [3.8, 4) is 0 Å². The number of nitrogens with zero attached hydrogens (tertiary/aromatic N) is 4. The molecule has 0 bridgehead atoms. The van der Waals surface area contributed by atoms with E-state index in [0.29, 0.717) is 25.5 Å². The standard InChI is InChI=1S/C15H19FN4O3/c16-10-8-17-15(18-9-10)19-6-4-12-11(19)2-3-13(23-12)14(21)20-5-1-7-22-20/h8-9,11-13H,1-7H2/t11-,12-,13+/m1/s1. The molecular formula is C15H19FN4O3. The second-order valence-electron chi connectivity index (χ2n) is 6.12. The van der Waals surface area contributed by atoms with Crippen molar-refractivity contribution in [2.24, 2.45) is 0 Å².